The second-order valence-corrected chi connectivity index (χ2v) is 6.66. The lowest BCUT2D eigenvalue weighted by Crippen LogP contribution is -2.34. The number of piperidine rings is 1. The summed E-state index contributed by atoms with van der Waals surface area (Å²) in [6.07, 6.45) is 2.10. The normalized spacial score (nSPS) is 15.5. The third kappa shape index (κ3) is 6.98. The lowest BCUT2D eigenvalue weighted by molar-refractivity contribution is -0.138. The molecule has 1 saturated heterocycles. The van der Waals surface area contributed by atoms with Gasteiger partial charge in [0, 0.05) is 13.1 Å². The second-order valence-electron chi connectivity index (χ2n) is 6.28. The minimum absolute atomic E-state index is 0.0958. The molecule has 1 fully saturated rings. The highest BCUT2D eigenvalue weighted by Gasteiger charge is 2.21. The van der Waals surface area contributed by atoms with Crippen molar-refractivity contribution in [3.63, 3.8) is 0 Å². The van der Waals surface area contributed by atoms with Gasteiger partial charge in [0.05, 0.1) is 0 Å². The van der Waals surface area contributed by atoms with Crippen LogP contribution in [-0.4, -0.2) is 35.3 Å². The zero-order valence-corrected chi connectivity index (χ0v) is 14.4. The molecule has 1 amide bonds. The maximum absolute atomic E-state index is 11.0. The summed E-state index contributed by atoms with van der Waals surface area (Å²) in [5.74, 6) is 0.607. The highest BCUT2D eigenvalue weighted by atomic mass is 32.1. The molecule has 0 N–H and O–H groups in total. The molecule has 2 rings (SSSR count). The van der Waals surface area contributed by atoms with Crippen molar-refractivity contribution in [2.75, 3.05) is 13.1 Å². The number of rotatable bonds is 2. The Bertz CT molecular complexity index is 463. The average molecular weight is 323 g/mol. The standard InChI is InChI=1S/C12H15NOS.C5H10O2/c14-12(15)13-8-6-11(7-9-13)10-4-2-1-3-5-10;1-5(2,3)7-4-6/h1-5,11H,6-9H2,(H,14,15);4H,1-3H3. The lowest BCUT2D eigenvalue weighted by Gasteiger charge is -2.31. The number of hydrogen-bond acceptors (Lipinski definition) is 3. The van der Waals surface area contributed by atoms with Crippen molar-refractivity contribution in [2.24, 2.45) is 0 Å². The Morgan fingerprint density at radius 3 is 2.14 bits per heavy atom. The van der Waals surface area contributed by atoms with Gasteiger partial charge in [0.15, 0.2) is 0 Å². The Balaban J connectivity index is 0.000000295. The van der Waals surface area contributed by atoms with E-state index in [1.165, 1.54) is 5.56 Å². The third-order valence-corrected chi connectivity index (χ3v) is 3.72. The number of carbonyl (C=O) groups is 2. The van der Waals surface area contributed by atoms with Gasteiger partial charge in [-0.25, -0.2) is 0 Å². The Kier molecular flexibility index (Phi) is 7.45. The van der Waals surface area contributed by atoms with E-state index in [-0.39, 0.29) is 10.8 Å². The van der Waals surface area contributed by atoms with Crippen molar-refractivity contribution >= 4 is 24.3 Å². The van der Waals surface area contributed by atoms with Crippen LogP contribution in [0.1, 0.15) is 45.1 Å². The second kappa shape index (κ2) is 8.83. The Labute approximate surface area is 138 Å². The van der Waals surface area contributed by atoms with Crippen LogP contribution in [0.3, 0.4) is 0 Å². The van der Waals surface area contributed by atoms with Crippen LogP contribution in [0.4, 0.5) is 4.79 Å². The van der Waals surface area contributed by atoms with Crippen LogP contribution in [0, 0.1) is 0 Å². The summed E-state index contributed by atoms with van der Waals surface area (Å²) in [7, 11) is 0. The fraction of sp³-hybridized carbons (Fsp3) is 0.529. The van der Waals surface area contributed by atoms with Crippen molar-refractivity contribution < 1.29 is 14.3 Å². The van der Waals surface area contributed by atoms with Crippen molar-refractivity contribution in [3.05, 3.63) is 35.9 Å². The molecule has 0 radical (unpaired) electrons. The summed E-state index contributed by atoms with van der Waals surface area (Å²) in [4.78, 5) is 22.4. The van der Waals surface area contributed by atoms with E-state index in [0.717, 1.165) is 25.9 Å². The van der Waals surface area contributed by atoms with E-state index in [4.69, 9.17) is 0 Å². The molecule has 0 aliphatic carbocycles. The maximum atomic E-state index is 11.0. The highest BCUT2D eigenvalue weighted by molar-refractivity contribution is 7.96. The Hall–Kier alpha value is -1.49. The summed E-state index contributed by atoms with van der Waals surface area (Å²) >= 11 is 3.85. The zero-order valence-electron chi connectivity index (χ0n) is 13.5. The van der Waals surface area contributed by atoms with Crippen LogP contribution >= 0.6 is 12.6 Å². The van der Waals surface area contributed by atoms with Gasteiger partial charge >= 0.3 is 0 Å². The molecular weight excluding hydrogens is 298 g/mol. The summed E-state index contributed by atoms with van der Waals surface area (Å²) in [6.45, 7) is 7.59. The van der Waals surface area contributed by atoms with Gasteiger partial charge in [0.25, 0.3) is 11.7 Å². The van der Waals surface area contributed by atoms with Gasteiger partial charge in [-0.15, -0.1) is 0 Å². The van der Waals surface area contributed by atoms with Gasteiger partial charge in [0.2, 0.25) is 0 Å². The van der Waals surface area contributed by atoms with Crippen LogP contribution in [-0.2, 0) is 9.53 Å². The van der Waals surface area contributed by atoms with E-state index in [1.54, 1.807) is 0 Å². The van der Waals surface area contributed by atoms with Gasteiger partial charge < -0.3 is 9.64 Å². The molecule has 1 aromatic carbocycles. The molecule has 5 heteroatoms. The molecule has 0 bridgehead atoms. The summed E-state index contributed by atoms with van der Waals surface area (Å²) in [5, 5.41) is -0.0958. The number of benzene rings is 1. The first-order valence-electron chi connectivity index (χ1n) is 7.48. The van der Waals surface area contributed by atoms with Crippen molar-refractivity contribution in [1.29, 1.82) is 0 Å². The van der Waals surface area contributed by atoms with E-state index in [2.05, 4.69) is 41.6 Å². The number of ether oxygens (including phenoxy) is 1. The van der Waals surface area contributed by atoms with Crippen LogP contribution in [0.25, 0.3) is 0 Å². The minimum Gasteiger partial charge on any atom is -0.462 e. The third-order valence-electron chi connectivity index (χ3n) is 3.44. The average Bonchev–Trinajstić information content (AvgIpc) is 2.48. The topological polar surface area (TPSA) is 46.6 Å². The van der Waals surface area contributed by atoms with Crippen molar-refractivity contribution in [2.45, 2.75) is 45.1 Å². The van der Waals surface area contributed by atoms with Gasteiger partial charge in [-0.1, -0.05) is 43.0 Å². The summed E-state index contributed by atoms with van der Waals surface area (Å²) in [5.41, 5.74) is 1.07. The molecule has 1 aliphatic heterocycles. The molecule has 0 unspecified atom stereocenters. The van der Waals surface area contributed by atoms with E-state index in [0.29, 0.717) is 12.4 Å². The first-order valence-corrected chi connectivity index (χ1v) is 7.92. The SMILES string of the molecule is CC(C)(C)OC=O.O=C(S)N1CCC(c2ccccc2)CC1. The first kappa shape index (κ1) is 18.6. The van der Waals surface area contributed by atoms with Crippen LogP contribution in [0.15, 0.2) is 30.3 Å². The molecule has 0 atom stereocenters. The van der Waals surface area contributed by atoms with Crippen LogP contribution in [0.5, 0.6) is 0 Å². The number of carbonyl (C=O) groups excluding carboxylic acids is 2. The van der Waals surface area contributed by atoms with Gasteiger partial charge in [-0.05, 0) is 45.1 Å². The predicted molar refractivity (Wildman–Crippen MR) is 91.3 cm³/mol. The molecule has 0 spiro atoms. The zero-order chi connectivity index (χ0) is 16.6. The maximum Gasteiger partial charge on any atom is 0.293 e. The van der Waals surface area contributed by atoms with E-state index < -0.39 is 0 Å². The molecule has 1 heterocycles. The minimum atomic E-state index is -0.318. The molecule has 1 aliphatic rings. The largest absolute Gasteiger partial charge is 0.462 e. The van der Waals surface area contributed by atoms with Crippen LogP contribution < -0.4 is 0 Å². The number of nitrogens with zero attached hydrogens (tertiary/aromatic N) is 1. The number of thiol groups is 1. The summed E-state index contributed by atoms with van der Waals surface area (Å²) in [6, 6.07) is 10.5. The Morgan fingerprint density at radius 2 is 1.77 bits per heavy atom. The van der Waals surface area contributed by atoms with Gasteiger partial charge in [0.1, 0.15) is 5.60 Å². The predicted octanol–water partition coefficient (Wildman–Crippen LogP) is 3.87. The molecule has 4 nitrogen and oxygen atoms in total. The highest BCUT2D eigenvalue weighted by Crippen LogP contribution is 2.27. The first-order chi connectivity index (χ1) is 10.3. The molecule has 0 aromatic heterocycles. The van der Waals surface area contributed by atoms with Crippen molar-refractivity contribution in [3.8, 4) is 0 Å². The Morgan fingerprint density at radius 1 is 1.23 bits per heavy atom. The molecule has 22 heavy (non-hydrogen) atoms. The lowest BCUT2D eigenvalue weighted by atomic mass is 9.90. The van der Waals surface area contributed by atoms with E-state index in [1.807, 2.05) is 31.7 Å². The number of likely N-dealkylation sites (tertiary alicyclic amines) is 1. The van der Waals surface area contributed by atoms with E-state index in [9.17, 15) is 9.59 Å². The summed E-state index contributed by atoms with van der Waals surface area (Å²) < 4.78 is 4.55. The van der Waals surface area contributed by atoms with Gasteiger partial charge in [-0.3, -0.25) is 9.59 Å². The molecule has 0 saturated carbocycles. The van der Waals surface area contributed by atoms with Crippen molar-refractivity contribution in [1.82, 2.24) is 4.90 Å². The monoisotopic (exact) mass is 323 g/mol. The molecule has 122 valence electrons. The number of hydrogen-bond donors (Lipinski definition) is 1. The number of amides is 1. The van der Waals surface area contributed by atoms with Crippen LogP contribution in [0.2, 0.25) is 0 Å². The van der Waals surface area contributed by atoms with Gasteiger partial charge in [-0.2, -0.15) is 0 Å². The fourth-order valence-electron chi connectivity index (χ4n) is 2.27. The molecular formula is C17H25NO3S. The quantitative estimate of drug-likeness (QED) is 0.664. The van der Waals surface area contributed by atoms with E-state index >= 15 is 0 Å². The molecule has 1 aromatic rings. The fourth-order valence-corrected chi connectivity index (χ4v) is 2.47. The smallest absolute Gasteiger partial charge is 0.293 e.